The molecular formula is C28H28FN7O4. The van der Waals surface area contributed by atoms with Crippen molar-refractivity contribution >= 4 is 28.7 Å². The number of carbonyl (C=O) groups excluding carboxylic acids is 2. The third-order valence-corrected chi connectivity index (χ3v) is 6.11. The predicted octanol–water partition coefficient (Wildman–Crippen LogP) is 4.91. The quantitative estimate of drug-likeness (QED) is 0.293. The van der Waals surface area contributed by atoms with E-state index in [0.29, 0.717) is 39.6 Å². The van der Waals surface area contributed by atoms with Gasteiger partial charge in [0, 0.05) is 37.5 Å². The fourth-order valence-corrected chi connectivity index (χ4v) is 4.00. The third kappa shape index (κ3) is 5.70. The summed E-state index contributed by atoms with van der Waals surface area (Å²) < 4.78 is 28.3. The molecule has 11 nitrogen and oxygen atoms in total. The number of halogens is 1. The zero-order valence-electron chi connectivity index (χ0n) is 22.4. The van der Waals surface area contributed by atoms with Crippen LogP contribution in [-0.4, -0.2) is 44.5 Å². The van der Waals surface area contributed by atoms with Crippen molar-refractivity contribution in [3.63, 3.8) is 0 Å². The van der Waals surface area contributed by atoms with Gasteiger partial charge >= 0.3 is 6.03 Å². The lowest BCUT2D eigenvalue weighted by Gasteiger charge is -2.25. The summed E-state index contributed by atoms with van der Waals surface area (Å²) in [6.45, 7) is 5.94. The molecule has 1 aliphatic rings. The molecule has 1 unspecified atom stereocenters. The first-order valence-electron chi connectivity index (χ1n) is 12.5. The average Bonchev–Trinajstić information content (AvgIpc) is 3.56. The van der Waals surface area contributed by atoms with Crippen molar-refractivity contribution in [1.82, 2.24) is 30.4 Å². The van der Waals surface area contributed by atoms with Gasteiger partial charge in [-0.05, 0) is 63.3 Å². The molecule has 0 saturated carbocycles. The molecule has 3 heterocycles. The number of benzene rings is 1. The van der Waals surface area contributed by atoms with E-state index in [9.17, 15) is 9.59 Å². The maximum Gasteiger partial charge on any atom is 0.322 e. The van der Waals surface area contributed by atoms with Gasteiger partial charge in [-0.15, -0.1) is 0 Å². The van der Waals surface area contributed by atoms with Crippen molar-refractivity contribution in [2.75, 3.05) is 12.4 Å². The molecule has 3 amide bonds. The lowest BCUT2D eigenvalue weighted by Crippen LogP contribution is -2.45. The predicted molar refractivity (Wildman–Crippen MR) is 146 cm³/mol. The van der Waals surface area contributed by atoms with Crippen molar-refractivity contribution in [2.24, 2.45) is 0 Å². The maximum absolute atomic E-state index is 15.5. The molecule has 3 aromatic heterocycles. The van der Waals surface area contributed by atoms with Gasteiger partial charge in [0.1, 0.15) is 28.4 Å². The third-order valence-electron chi connectivity index (χ3n) is 6.11. The SMILES string of the molecule is CNC(=O)c1cc(OC2=CCC(F)(NC(=O)Nc3cn(C(C)(C)C)nc3-c3ccc4ocnc4c3)C=C2)ccn1. The number of hydrogen-bond donors (Lipinski definition) is 3. The van der Waals surface area contributed by atoms with Crippen LogP contribution in [0.15, 0.2) is 77.5 Å². The molecule has 1 aromatic carbocycles. The topological polar surface area (TPSA) is 136 Å². The number of aromatic nitrogens is 4. The summed E-state index contributed by atoms with van der Waals surface area (Å²) in [5.41, 5.74) is 2.72. The first kappa shape index (κ1) is 26.6. The van der Waals surface area contributed by atoms with Crippen molar-refractivity contribution < 1.29 is 23.1 Å². The number of nitrogens with zero attached hydrogens (tertiary/aromatic N) is 4. The van der Waals surface area contributed by atoms with Crippen LogP contribution < -0.4 is 20.7 Å². The van der Waals surface area contributed by atoms with E-state index in [1.165, 1.54) is 43.9 Å². The number of hydrogen-bond acceptors (Lipinski definition) is 7. The summed E-state index contributed by atoms with van der Waals surface area (Å²) in [6.07, 6.45) is 8.47. The van der Waals surface area contributed by atoms with Crippen LogP contribution in [0.3, 0.4) is 0 Å². The molecule has 5 rings (SSSR count). The number of pyridine rings is 1. The van der Waals surface area contributed by atoms with Gasteiger partial charge in [0.05, 0.1) is 11.2 Å². The highest BCUT2D eigenvalue weighted by Crippen LogP contribution is 2.32. The average molecular weight is 546 g/mol. The van der Waals surface area contributed by atoms with Gasteiger partial charge in [-0.2, -0.15) is 5.10 Å². The van der Waals surface area contributed by atoms with E-state index in [4.69, 9.17) is 9.15 Å². The zero-order chi connectivity index (χ0) is 28.5. The molecule has 1 aliphatic carbocycles. The molecule has 0 fully saturated rings. The fourth-order valence-electron chi connectivity index (χ4n) is 4.00. The van der Waals surface area contributed by atoms with Crippen molar-refractivity contribution in [1.29, 1.82) is 0 Å². The molecule has 0 aliphatic heterocycles. The van der Waals surface area contributed by atoms with E-state index in [2.05, 4.69) is 31.0 Å². The lowest BCUT2D eigenvalue weighted by molar-refractivity contribution is 0.0957. The zero-order valence-corrected chi connectivity index (χ0v) is 22.4. The van der Waals surface area contributed by atoms with Gasteiger partial charge in [0.15, 0.2) is 12.0 Å². The molecule has 3 N–H and O–H groups in total. The number of anilines is 1. The number of ether oxygens (including phenoxy) is 1. The highest BCUT2D eigenvalue weighted by atomic mass is 19.1. The fraction of sp³-hybridized carbons (Fsp3) is 0.250. The number of alkyl halides is 1. The number of carbonyl (C=O) groups is 2. The Morgan fingerprint density at radius 3 is 2.73 bits per heavy atom. The Balaban J connectivity index is 1.29. The normalized spacial score (nSPS) is 16.9. The Morgan fingerprint density at radius 2 is 2.00 bits per heavy atom. The van der Waals surface area contributed by atoms with Gasteiger partial charge < -0.3 is 25.1 Å². The van der Waals surface area contributed by atoms with Gasteiger partial charge in [0.2, 0.25) is 5.79 Å². The van der Waals surface area contributed by atoms with Crippen molar-refractivity contribution in [3.8, 4) is 17.0 Å². The Morgan fingerprint density at radius 1 is 1.18 bits per heavy atom. The Hall–Kier alpha value is -5.00. The molecule has 206 valence electrons. The smallest absolute Gasteiger partial charge is 0.322 e. The second kappa shape index (κ2) is 10.3. The lowest BCUT2D eigenvalue weighted by atomic mass is 10.1. The Kier molecular flexibility index (Phi) is 6.84. The molecular weight excluding hydrogens is 517 g/mol. The van der Waals surface area contributed by atoms with E-state index >= 15 is 4.39 Å². The van der Waals surface area contributed by atoms with Crippen LogP contribution in [0, 0.1) is 0 Å². The standard InChI is InChI=1S/C28H28FN7O4/c1-27(2,3)36-15-22(24(35-36)17-5-6-23-20(13-17)32-16-39-23)33-26(38)34-28(29)10-7-18(8-11-28)40-19-9-12-31-21(14-19)25(37)30-4/h5-10,12-16H,11H2,1-4H3,(H,30,37)(H2,33,34,38). The first-order valence-corrected chi connectivity index (χ1v) is 12.5. The molecule has 0 bridgehead atoms. The summed E-state index contributed by atoms with van der Waals surface area (Å²) >= 11 is 0. The summed E-state index contributed by atoms with van der Waals surface area (Å²) in [5.74, 6) is -1.77. The van der Waals surface area contributed by atoms with Crippen LogP contribution in [0.2, 0.25) is 0 Å². The number of nitrogens with one attached hydrogen (secondary N) is 3. The van der Waals surface area contributed by atoms with Gasteiger partial charge in [-0.3, -0.25) is 14.5 Å². The monoisotopic (exact) mass is 545 g/mol. The summed E-state index contributed by atoms with van der Waals surface area (Å²) in [6, 6.07) is 7.72. The van der Waals surface area contributed by atoms with Crippen LogP contribution in [0.4, 0.5) is 14.9 Å². The minimum Gasteiger partial charge on any atom is -0.458 e. The van der Waals surface area contributed by atoms with Crippen molar-refractivity contribution in [3.05, 3.63) is 78.8 Å². The van der Waals surface area contributed by atoms with Crippen LogP contribution in [0.1, 0.15) is 37.7 Å². The molecule has 40 heavy (non-hydrogen) atoms. The Bertz CT molecular complexity index is 1650. The van der Waals surface area contributed by atoms with Crippen LogP contribution >= 0.6 is 0 Å². The second-order valence-electron chi connectivity index (χ2n) is 10.2. The van der Waals surface area contributed by atoms with Crippen LogP contribution in [0.25, 0.3) is 22.4 Å². The van der Waals surface area contributed by atoms with Gasteiger partial charge in [-0.1, -0.05) is 0 Å². The highest BCUT2D eigenvalue weighted by Gasteiger charge is 2.31. The minimum atomic E-state index is -2.15. The van der Waals surface area contributed by atoms with E-state index in [1.807, 2.05) is 32.9 Å². The van der Waals surface area contributed by atoms with E-state index in [1.54, 1.807) is 23.0 Å². The van der Waals surface area contributed by atoms with E-state index in [-0.39, 0.29) is 23.6 Å². The second-order valence-corrected chi connectivity index (χ2v) is 10.2. The van der Waals surface area contributed by atoms with Crippen LogP contribution in [-0.2, 0) is 5.54 Å². The van der Waals surface area contributed by atoms with Crippen molar-refractivity contribution in [2.45, 2.75) is 38.5 Å². The van der Waals surface area contributed by atoms with Crippen LogP contribution in [0.5, 0.6) is 5.75 Å². The number of allylic oxidation sites excluding steroid dienone is 1. The van der Waals surface area contributed by atoms with E-state index < -0.39 is 11.8 Å². The van der Waals surface area contributed by atoms with E-state index in [0.717, 1.165) is 0 Å². The Labute approximate surface area is 229 Å². The molecule has 4 aromatic rings. The van der Waals surface area contributed by atoms with Gasteiger partial charge in [-0.25, -0.2) is 14.2 Å². The molecule has 0 spiro atoms. The number of amides is 3. The summed E-state index contributed by atoms with van der Waals surface area (Å²) in [4.78, 5) is 32.9. The minimum absolute atomic E-state index is 0.170. The molecule has 1 atom stereocenters. The molecule has 0 saturated heterocycles. The molecule has 12 heteroatoms. The summed E-state index contributed by atoms with van der Waals surface area (Å²) in [5, 5.41) is 12.3. The highest BCUT2D eigenvalue weighted by molar-refractivity contribution is 5.95. The molecule has 0 radical (unpaired) electrons. The number of urea groups is 1. The summed E-state index contributed by atoms with van der Waals surface area (Å²) in [7, 11) is 1.50. The maximum atomic E-state index is 15.5. The first-order chi connectivity index (χ1) is 19.0. The number of rotatable bonds is 6. The number of fused-ring (bicyclic) bond motifs is 1. The largest absolute Gasteiger partial charge is 0.458 e. The van der Waals surface area contributed by atoms with Gasteiger partial charge in [0.25, 0.3) is 5.91 Å². The number of oxazole rings is 1.